The van der Waals surface area contributed by atoms with Crippen LogP contribution in [0.4, 0.5) is 5.69 Å². The van der Waals surface area contributed by atoms with Gasteiger partial charge in [-0.25, -0.2) is 8.42 Å². The monoisotopic (exact) mass is 555 g/mol. The molecule has 2 amide bonds. The van der Waals surface area contributed by atoms with Crippen molar-refractivity contribution in [3.8, 4) is 5.75 Å². The minimum atomic E-state index is -4.12. The van der Waals surface area contributed by atoms with Crippen LogP contribution in [0.1, 0.15) is 19.4 Å². The van der Waals surface area contributed by atoms with Gasteiger partial charge in [-0.15, -0.1) is 11.8 Å². The van der Waals surface area contributed by atoms with Crippen LogP contribution in [0.5, 0.6) is 5.75 Å². The third-order valence-corrected chi connectivity index (χ3v) is 8.50. The summed E-state index contributed by atoms with van der Waals surface area (Å²) in [6.07, 6.45) is 1.91. The van der Waals surface area contributed by atoms with E-state index in [1.807, 2.05) is 43.5 Å². The molecule has 0 aliphatic heterocycles. The predicted molar refractivity (Wildman–Crippen MR) is 151 cm³/mol. The van der Waals surface area contributed by atoms with Gasteiger partial charge in [-0.3, -0.25) is 13.9 Å². The summed E-state index contributed by atoms with van der Waals surface area (Å²) in [4.78, 5) is 28.7. The largest absolute Gasteiger partial charge is 0.494 e. The van der Waals surface area contributed by atoms with Crippen LogP contribution in [0.2, 0.25) is 0 Å². The van der Waals surface area contributed by atoms with Gasteiger partial charge < -0.3 is 15.0 Å². The number of nitrogens with one attached hydrogen (secondary N) is 1. The maximum absolute atomic E-state index is 13.9. The molecular formula is C28H33N3O5S2. The average Bonchev–Trinajstić information content (AvgIpc) is 2.95. The van der Waals surface area contributed by atoms with Gasteiger partial charge in [-0.2, -0.15) is 0 Å². The number of ether oxygens (including phenoxy) is 1. The highest BCUT2D eigenvalue weighted by Gasteiger charge is 2.32. The van der Waals surface area contributed by atoms with Crippen molar-refractivity contribution in [3.05, 3.63) is 84.4 Å². The van der Waals surface area contributed by atoms with Crippen LogP contribution in [-0.2, 0) is 26.2 Å². The third kappa shape index (κ3) is 7.08. The number of amides is 2. The Morgan fingerprint density at radius 1 is 0.974 bits per heavy atom. The fourth-order valence-corrected chi connectivity index (χ4v) is 5.67. The van der Waals surface area contributed by atoms with E-state index in [9.17, 15) is 18.0 Å². The Morgan fingerprint density at radius 2 is 1.61 bits per heavy atom. The minimum absolute atomic E-state index is 0.0611. The molecule has 3 rings (SSSR count). The summed E-state index contributed by atoms with van der Waals surface area (Å²) in [5.74, 6) is -0.274. The first-order valence-electron chi connectivity index (χ1n) is 12.2. The zero-order valence-corrected chi connectivity index (χ0v) is 23.6. The van der Waals surface area contributed by atoms with Gasteiger partial charge >= 0.3 is 0 Å². The summed E-state index contributed by atoms with van der Waals surface area (Å²) >= 11 is 1.50. The molecular weight excluding hydrogens is 522 g/mol. The summed E-state index contributed by atoms with van der Waals surface area (Å²) in [5, 5.41) is 2.58. The molecule has 0 saturated heterocycles. The highest BCUT2D eigenvalue weighted by molar-refractivity contribution is 7.98. The highest BCUT2D eigenvalue weighted by atomic mass is 32.2. The zero-order chi connectivity index (χ0) is 27.7. The van der Waals surface area contributed by atoms with Gasteiger partial charge in [0.25, 0.3) is 10.0 Å². The van der Waals surface area contributed by atoms with E-state index in [1.54, 1.807) is 43.3 Å². The lowest BCUT2D eigenvalue weighted by molar-refractivity contribution is -0.139. The maximum atomic E-state index is 13.9. The molecule has 0 aliphatic carbocycles. The van der Waals surface area contributed by atoms with Crippen molar-refractivity contribution >= 4 is 39.3 Å². The van der Waals surface area contributed by atoms with Gasteiger partial charge in [0, 0.05) is 18.5 Å². The van der Waals surface area contributed by atoms with E-state index < -0.39 is 28.5 Å². The Morgan fingerprint density at radius 3 is 2.16 bits per heavy atom. The van der Waals surface area contributed by atoms with Crippen LogP contribution >= 0.6 is 11.8 Å². The summed E-state index contributed by atoms with van der Waals surface area (Å²) in [6.45, 7) is 3.60. The number of thioether (sulfide) groups is 1. The molecule has 0 radical (unpaired) electrons. The second-order valence-corrected chi connectivity index (χ2v) is 11.2. The topological polar surface area (TPSA) is 96.0 Å². The maximum Gasteiger partial charge on any atom is 0.264 e. The lowest BCUT2D eigenvalue weighted by atomic mass is 10.1. The SMILES string of the molecule is CCOc1ccc(N(CC(=O)N(Cc2ccccc2)[C@H](C)C(=O)NC)S(=O)(=O)c2ccc(SC)cc2)cc1. The summed E-state index contributed by atoms with van der Waals surface area (Å²) < 4.78 is 34.3. The second-order valence-electron chi connectivity index (χ2n) is 8.41. The molecule has 0 aromatic heterocycles. The lowest BCUT2D eigenvalue weighted by Gasteiger charge is -2.31. The number of anilines is 1. The van der Waals surface area contributed by atoms with Crippen molar-refractivity contribution in [1.82, 2.24) is 10.2 Å². The smallest absolute Gasteiger partial charge is 0.264 e. The number of hydrogen-bond donors (Lipinski definition) is 1. The Hall–Kier alpha value is -3.50. The molecule has 0 saturated carbocycles. The number of hydrogen-bond acceptors (Lipinski definition) is 6. The lowest BCUT2D eigenvalue weighted by Crippen LogP contribution is -2.50. The number of likely N-dealkylation sites (N-methyl/N-ethyl adjacent to an activating group) is 1. The first kappa shape index (κ1) is 29.1. The number of carbonyl (C=O) groups is 2. The molecule has 8 nitrogen and oxygen atoms in total. The van der Waals surface area contributed by atoms with Crippen molar-refractivity contribution in [2.45, 2.75) is 36.2 Å². The fraction of sp³-hybridized carbons (Fsp3) is 0.286. The summed E-state index contributed by atoms with van der Waals surface area (Å²) in [6, 6.07) is 21.5. The Bertz CT molecular complexity index is 1310. The average molecular weight is 556 g/mol. The molecule has 202 valence electrons. The highest BCUT2D eigenvalue weighted by Crippen LogP contribution is 2.28. The van der Waals surface area contributed by atoms with E-state index in [1.165, 1.54) is 35.8 Å². The van der Waals surface area contributed by atoms with Crippen LogP contribution in [-0.4, -0.2) is 57.6 Å². The molecule has 38 heavy (non-hydrogen) atoms. The first-order valence-corrected chi connectivity index (χ1v) is 14.8. The van der Waals surface area contributed by atoms with E-state index in [2.05, 4.69) is 5.32 Å². The predicted octanol–water partition coefficient (Wildman–Crippen LogP) is 4.17. The van der Waals surface area contributed by atoms with Gasteiger partial charge in [0.2, 0.25) is 11.8 Å². The molecule has 3 aromatic rings. The molecule has 0 heterocycles. The summed E-state index contributed by atoms with van der Waals surface area (Å²) in [5.41, 5.74) is 1.13. The number of rotatable bonds is 12. The molecule has 0 spiro atoms. The van der Waals surface area contributed by atoms with E-state index in [0.29, 0.717) is 18.0 Å². The van der Waals surface area contributed by atoms with E-state index >= 15 is 0 Å². The van der Waals surface area contributed by atoms with E-state index in [4.69, 9.17) is 4.74 Å². The number of sulfonamides is 1. The van der Waals surface area contributed by atoms with Gasteiger partial charge in [-0.1, -0.05) is 30.3 Å². The number of nitrogens with zero attached hydrogens (tertiary/aromatic N) is 2. The number of benzene rings is 3. The van der Waals surface area contributed by atoms with Gasteiger partial charge in [0.15, 0.2) is 0 Å². The Labute approximate surface area is 229 Å². The van der Waals surface area contributed by atoms with Crippen molar-refractivity contribution in [2.75, 3.05) is 30.8 Å². The molecule has 1 atom stereocenters. The summed E-state index contributed by atoms with van der Waals surface area (Å²) in [7, 11) is -2.62. The number of carbonyl (C=O) groups excluding carboxylic acids is 2. The normalized spacial score (nSPS) is 11.9. The van der Waals surface area contributed by atoms with Crippen molar-refractivity contribution in [3.63, 3.8) is 0 Å². The molecule has 3 aromatic carbocycles. The molecule has 0 aliphatic rings. The molecule has 0 fully saturated rings. The third-order valence-electron chi connectivity index (χ3n) is 5.97. The van der Waals surface area contributed by atoms with Crippen LogP contribution in [0.15, 0.2) is 88.7 Å². The van der Waals surface area contributed by atoms with Gasteiger partial charge in [0.05, 0.1) is 17.2 Å². The fourth-order valence-electron chi connectivity index (χ4n) is 3.85. The first-order chi connectivity index (χ1) is 18.2. The quantitative estimate of drug-likeness (QED) is 0.337. The van der Waals surface area contributed by atoms with Crippen molar-refractivity contribution < 1.29 is 22.7 Å². The van der Waals surface area contributed by atoms with Crippen molar-refractivity contribution in [1.29, 1.82) is 0 Å². The van der Waals surface area contributed by atoms with Crippen LogP contribution < -0.4 is 14.4 Å². The van der Waals surface area contributed by atoms with Gasteiger partial charge in [-0.05, 0) is 74.2 Å². The van der Waals surface area contributed by atoms with Crippen LogP contribution in [0.3, 0.4) is 0 Å². The minimum Gasteiger partial charge on any atom is -0.494 e. The Kier molecular flexibility index (Phi) is 10.2. The Balaban J connectivity index is 2.02. The second kappa shape index (κ2) is 13.3. The standard InChI is InChI=1S/C28H33N3O5S2/c1-5-36-24-13-11-23(12-14-24)31(38(34,35)26-17-15-25(37-4)16-18-26)20-27(32)30(21(2)28(33)29-3)19-22-9-7-6-8-10-22/h6-18,21H,5,19-20H2,1-4H3,(H,29,33)/t21-/m1/s1. The zero-order valence-electron chi connectivity index (χ0n) is 22.0. The molecule has 10 heteroatoms. The molecule has 0 unspecified atom stereocenters. The van der Waals surface area contributed by atoms with E-state index in [0.717, 1.165) is 14.8 Å². The van der Waals surface area contributed by atoms with Gasteiger partial charge in [0.1, 0.15) is 18.3 Å². The molecule has 0 bridgehead atoms. The van der Waals surface area contributed by atoms with Crippen LogP contribution in [0.25, 0.3) is 0 Å². The molecule has 1 N–H and O–H groups in total. The van der Waals surface area contributed by atoms with Crippen molar-refractivity contribution in [2.24, 2.45) is 0 Å². The van der Waals surface area contributed by atoms with E-state index in [-0.39, 0.29) is 17.3 Å². The van der Waals surface area contributed by atoms with Crippen LogP contribution in [0, 0.1) is 0 Å².